The molecule has 0 radical (unpaired) electrons. The van der Waals surface area contributed by atoms with Gasteiger partial charge in [-0.1, -0.05) is 29.3 Å². The number of benzene rings is 2. The van der Waals surface area contributed by atoms with Crippen LogP contribution in [0.25, 0.3) is 0 Å². The maximum Gasteiger partial charge on any atom is 0.253 e. The lowest BCUT2D eigenvalue weighted by molar-refractivity contribution is -0.128. The van der Waals surface area contributed by atoms with Crippen LogP contribution in [0.3, 0.4) is 0 Å². The summed E-state index contributed by atoms with van der Waals surface area (Å²) in [4.78, 5) is 39.2. The summed E-state index contributed by atoms with van der Waals surface area (Å²) in [6.45, 7) is 6.86. The first-order chi connectivity index (χ1) is 14.7. The number of hydrogen-bond donors (Lipinski definition) is 2. The lowest BCUT2D eigenvalue weighted by atomic mass is 9.95. The van der Waals surface area contributed by atoms with Crippen molar-refractivity contribution in [2.45, 2.75) is 33.6 Å². The van der Waals surface area contributed by atoms with Gasteiger partial charge < -0.3 is 15.5 Å². The smallest absolute Gasteiger partial charge is 0.253 e. The lowest BCUT2D eigenvalue weighted by Gasteiger charge is -2.31. The highest BCUT2D eigenvalue weighted by atomic mass is 35.5. The maximum absolute atomic E-state index is 12.6. The van der Waals surface area contributed by atoms with Gasteiger partial charge in [0.05, 0.1) is 6.54 Å². The minimum Gasteiger partial charge on any atom is -0.347 e. The number of carbonyl (C=O) groups excluding carboxylic acids is 3. The van der Waals surface area contributed by atoms with E-state index in [0.717, 1.165) is 22.4 Å². The molecule has 1 aliphatic heterocycles. The monoisotopic (exact) mass is 441 g/mol. The summed E-state index contributed by atoms with van der Waals surface area (Å²) in [6.07, 6.45) is 1.14. The van der Waals surface area contributed by atoms with Gasteiger partial charge >= 0.3 is 0 Å². The van der Waals surface area contributed by atoms with Crippen molar-refractivity contribution in [3.8, 4) is 0 Å². The molecule has 2 N–H and O–H groups in total. The van der Waals surface area contributed by atoms with Crippen molar-refractivity contribution in [3.05, 3.63) is 63.7 Å². The van der Waals surface area contributed by atoms with Crippen LogP contribution in [0.15, 0.2) is 36.4 Å². The Balaban J connectivity index is 1.46. The lowest BCUT2D eigenvalue weighted by Crippen LogP contribution is -2.44. The van der Waals surface area contributed by atoms with Gasteiger partial charge in [0, 0.05) is 35.3 Å². The molecule has 164 valence electrons. The Morgan fingerprint density at radius 1 is 1.00 bits per heavy atom. The summed E-state index contributed by atoms with van der Waals surface area (Å²) in [5, 5.41) is 6.21. The predicted molar refractivity (Wildman–Crippen MR) is 122 cm³/mol. The van der Waals surface area contributed by atoms with Crippen molar-refractivity contribution in [3.63, 3.8) is 0 Å². The van der Waals surface area contributed by atoms with Crippen LogP contribution < -0.4 is 10.6 Å². The van der Waals surface area contributed by atoms with Crippen LogP contribution in [0, 0.1) is 26.7 Å². The Hall–Kier alpha value is -2.86. The molecule has 1 saturated heterocycles. The zero-order valence-electron chi connectivity index (χ0n) is 18.1. The molecule has 7 heteroatoms. The number of aryl methyl sites for hydroxylation is 3. The fourth-order valence-corrected chi connectivity index (χ4v) is 4.12. The summed E-state index contributed by atoms with van der Waals surface area (Å²) >= 11 is 5.88. The highest BCUT2D eigenvalue weighted by Gasteiger charge is 2.28. The summed E-state index contributed by atoms with van der Waals surface area (Å²) in [6, 6.07) is 10.8. The van der Waals surface area contributed by atoms with Gasteiger partial charge in [0.1, 0.15) is 0 Å². The molecule has 0 unspecified atom stereocenters. The van der Waals surface area contributed by atoms with Crippen LogP contribution in [0.2, 0.25) is 5.02 Å². The standard InChI is InChI=1S/C24H28ClN3O3/c1-15-12-16(2)22(17(3)13-15)27-21(29)14-26-23(30)18-8-10-28(11-9-18)24(31)19-4-6-20(25)7-5-19/h4-7,12-13,18H,8-11,14H2,1-3H3,(H,26,30)(H,27,29). The highest BCUT2D eigenvalue weighted by molar-refractivity contribution is 6.30. The van der Waals surface area contributed by atoms with E-state index in [9.17, 15) is 14.4 Å². The Morgan fingerprint density at radius 3 is 2.16 bits per heavy atom. The van der Waals surface area contributed by atoms with Crippen molar-refractivity contribution in [1.82, 2.24) is 10.2 Å². The third kappa shape index (κ3) is 5.85. The summed E-state index contributed by atoms with van der Waals surface area (Å²) in [5.41, 5.74) is 4.51. The molecular formula is C24H28ClN3O3. The van der Waals surface area contributed by atoms with Crippen LogP contribution in [-0.4, -0.2) is 42.3 Å². The third-order valence-electron chi connectivity index (χ3n) is 5.61. The molecule has 3 amide bonds. The van der Waals surface area contributed by atoms with E-state index in [1.165, 1.54) is 0 Å². The van der Waals surface area contributed by atoms with Crippen molar-refractivity contribution in [2.24, 2.45) is 5.92 Å². The number of anilines is 1. The van der Waals surface area contributed by atoms with Crippen LogP contribution >= 0.6 is 11.6 Å². The van der Waals surface area contributed by atoms with Gasteiger partial charge in [-0.25, -0.2) is 0 Å². The molecule has 0 saturated carbocycles. The van der Waals surface area contributed by atoms with Crippen molar-refractivity contribution in [1.29, 1.82) is 0 Å². The number of nitrogens with one attached hydrogen (secondary N) is 2. The average molecular weight is 442 g/mol. The summed E-state index contributed by atoms with van der Waals surface area (Å²) in [7, 11) is 0. The zero-order valence-corrected chi connectivity index (χ0v) is 18.9. The summed E-state index contributed by atoms with van der Waals surface area (Å²) < 4.78 is 0. The fourth-order valence-electron chi connectivity index (χ4n) is 3.99. The van der Waals surface area contributed by atoms with E-state index in [1.807, 2.05) is 32.9 Å². The van der Waals surface area contributed by atoms with E-state index < -0.39 is 0 Å². The SMILES string of the molecule is Cc1cc(C)c(NC(=O)CNC(=O)C2CCN(C(=O)c3ccc(Cl)cc3)CC2)c(C)c1. The predicted octanol–water partition coefficient (Wildman–Crippen LogP) is 3.87. The molecule has 0 aliphatic carbocycles. The second kappa shape index (κ2) is 9.96. The second-order valence-electron chi connectivity index (χ2n) is 8.11. The first-order valence-corrected chi connectivity index (χ1v) is 10.8. The quantitative estimate of drug-likeness (QED) is 0.739. The van der Waals surface area contributed by atoms with Crippen molar-refractivity contribution < 1.29 is 14.4 Å². The van der Waals surface area contributed by atoms with Gasteiger partial charge in [-0.3, -0.25) is 14.4 Å². The Morgan fingerprint density at radius 2 is 1.58 bits per heavy atom. The molecule has 0 bridgehead atoms. The van der Waals surface area contributed by atoms with Crippen molar-refractivity contribution in [2.75, 3.05) is 25.0 Å². The molecule has 2 aromatic rings. The van der Waals surface area contributed by atoms with Gasteiger partial charge in [0.15, 0.2) is 0 Å². The zero-order chi connectivity index (χ0) is 22.5. The summed E-state index contributed by atoms with van der Waals surface area (Å²) in [5.74, 6) is -0.659. The maximum atomic E-state index is 12.6. The fraction of sp³-hybridized carbons (Fsp3) is 0.375. The van der Waals surface area contributed by atoms with Gasteiger partial charge in [-0.05, 0) is 69.0 Å². The van der Waals surface area contributed by atoms with Gasteiger partial charge in [0.25, 0.3) is 5.91 Å². The van der Waals surface area contributed by atoms with Gasteiger partial charge in [-0.15, -0.1) is 0 Å². The molecule has 2 aromatic carbocycles. The van der Waals surface area contributed by atoms with Crippen molar-refractivity contribution >= 4 is 35.0 Å². The van der Waals surface area contributed by atoms with E-state index in [0.29, 0.717) is 36.5 Å². The molecule has 6 nitrogen and oxygen atoms in total. The molecule has 1 aliphatic rings. The van der Waals surface area contributed by atoms with Crippen LogP contribution in [-0.2, 0) is 9.59 Å². The molecule has 1 heterocycles. The molecule has 0 aromatic heterocycles. The van der Waals surface area contributed by atoms with Gasteiger partial charge in [-0.2, -0.15) is 0 Å². The number of hydrogen-bond acceptors (Lipinski definition) is 3. The highest BCUT2D eigenvalue weighted by Crippen LogP contribution is 2.22. The molecular weight excluding hydrogens is 414 g/mol. The number of piperidine rings is 1. The van der Waals surface area contributed by atoms with Crippen LogP contribution in [0.4, 0.5) is 5.69 Å². The Bertz CT molecular complexity index is 957. The molecule has 31 heavy (non-hydrogen) atoms. The van der Waals surface area contributed by atoms with Gasteiger partial charge in [0.2, 0.25) is 11.8 Å². The Labute approximate surface area is 188 Å². The Kier molecular flexibility index (Phi) is 7.33. The first kappa shape index (κ1) is 22.8. The normalized spacial score (nSPS) is 14.3. The van der Waals surface area contributed by atoms with Crippen LogP contribution in [0.1, 0.15) is 39.9 Å². The molecule has 3 rings (SSSR count). The molecule has 0 spiro atoms. The van der Waals surface area contributed by atoms with Crippen LogP contribution in [0.5, 0.6) is 0 Å². The number of likely N-dealkylation sites (tertiary alicyclic amines) is 1. The number of halogens is 1. The van der Waals surface area contributed by atoms with E-state index in [-0.39, 0.29) is 30.2 Å². The minimum atomic E-state index is -0.251. The number of carbonyl (C=O) groups is 3. The van der Waals surface area contributed by atoms with E-state index >= 15 is 0 Å². The molecule has 1 fully saturated rings. The number of nitrogens with zero attached hydrogens (tertiary/aromatic N) is 1. The topological polar surface area (TPSA) is 78.5 Å². The number of amides is 3. The average Bonchev–Trinajstić information content (AvgIpc) is 2.74. The first-order valence-electron chi connectivity index (χ1n) is 10.4. The number of rotatable bonds is 5. The third-order valence-corrected chi connectivity index (χ3v) is 5.86. The van der Waals surface area contributed by atoms with E-state index in [2.05, 4.69) is 10.6 Å². The molecule has 0 atom stereocenters. The minimum absolute atomic E-state index is 0.0567. The van der Waals surface area contributed by atoms with E-state index in [1.54, 1.807) is 29.2 Å². The largest absolute Gasteiger partial charge is 0.347 e. The second-order valence-corrected chi connectivity index (χ2v) is 8.55. The van der Waals surface area contributed by atoms with E-state index in [4.69, 9.17) is 11.6 Å².